The molecule has 1 rings (SSSR count). The van der Waals surface area contributed by atoms with Gasteiger partial charge >= 0.3 is 0 Å². The highest BCUT2D eigenvalue weighted by Gasteiger charge is 1.92. The van der Waals surface area contributed by atoms with E-state index >= 15 is 0 Å². The molecular weight excluding hydrogens is 251 g/mol. The molecule has 0 unspecified atom stereocenters. The van der Waals surface area contributed by atoms with Crippen molar-refractivity contribution < 1.29 is 4.79 Å². The molecule has 0 N–H and O–H groups in total. The van der Waals surface area contributed by atoms with Crippen molar-refractivity contribution in [1.29, 1.82) is 0 Å². The largest absolute Gasteiger partial charge is 0.299 e. The average Bonchev–Trinajstić information content (AvgIpc) is 2.07. The molecule has 1 nitrogen and oxygen atoms in total. The first-order valence-corrected chi connectivity index (χ1v) is 4.29. The van der Waals surface area contributed by atoms with E-state index in [0.717, 1.165) is 15.4 Å². The van der Waals surface area contributed by atoms with Crippen molar-refractivity contribution in [2.75, 3.05) is 0 Å². The van der Waals surface area contributed by atoms with E-state index in [-0.39, 0.29) is 0 Å². The summed E-state index contributed by atoms with van der Waals surface area (Å²) in [6, 6.07) is 9.80. The van der Waals surface area contributed by atoms with Crippen molar-refractivity contribution in [1.82, 2.24) is 0 Å². The van der Waals surface area contributed by atoms with Gasteiger partial charge in [0.1, 0.15) is 6.29 Å². The molecule has 0 aromatic heterocycles. The van der Waals surface area contributed by atoms with Crippen LogP contribution in [0.25, 0.3) is 3.58 Å². The molecule has 0 saturated carbocycles. The smallest absolute Gasteiger partial charge is 0.143 e. The number of aldehydes is 1. The van der Waals surface area contributed by atoms with Gasteiger partial charge in [-0.3, -0.25) is 4.79 Å². The summed E-state index contributed by atoms with van der Waals surface area (Å²) in [5.74, 6) is 0. The summed E-state index contributed by atoms with van der Waals surface area (Å²) in [5.41, 5.74) is 1.08. The van der Waals surface area contributed by atoms with Gasteiger partial charge in [-0.05, 0) is 34.2 Å². The number of allylic oxidation sites excluding steroid dienone is 1. The maximum Gasteiger partial charge on any atom is 0.143 e. The monoisotopic (exact) mass is 258 g/mol. The van der Waals surface area contributed by atoms with E-state index in [2.05, 4.69) is 22.6 Å². The Hall–Kier alpha value is -0.640. The average molecular weight is 258 g/mol. The van der Waals surface area contributed by atoms with Crippen LogP contribution in [0.3, 0.4) is 0 Å². The predicted molar refractivity (Wildman–Crippen MR) is 54.5 cm³/mol. The summed E-state index contributed by atoms with van der Waals surface area (Å²) in [6.07, 6.45) is 2.35. The minimum absolute atomic E-state index is 0.800. The molecule has 1 aromatic rings. The molecule has 1 aromatic carbocycles. The molecule has 0 aliphatic rings. The van der Waals surface area contributed by atoms with Crippen LogP contribution < -0.4 is 0 Å². The predicted octanol–water partition coefficient (Wildman–Crippen LogP) is 2.66. The lowest BCUT2D eigenvalue weighted by Gasteiger charge is -1.94. The second-order valence-electron chi connectivity index (χ2n) is 2.02. The molecule has 0 spiro atoms. The Bertz CT molecular complexity index is 264. The van der Waals surface area contributed by atoms with Gasteiger partial charge in [-0.15, -0.1) is 0 Å². The molecule has 0 aliphatic carbocycles. The van der Waals surface area contributed by atoms with Crippen LogP contribution in [-0.4, -0.2) is 6.29 Å². The van der Waals surface area contributed by atoms with Gasteiger partial charge in [0.2, 0.25) is 0 Å². The first-order chi connectivity index (χ1) is 5.34. The van der Waals surface area contributed by atoms with E-state index < -0.39 is 0 Å². The van der Waals surface area contributed by atoms with Crippen molar-refractivity contribution in [3.05, 3.63) is 42.0 Å². The van der Waals surface area contributed by atoms with Gasteiger partial charge in [-0.2, -0.15) is 0 Å². The molecule has 0 saturated heterocycles. The highest BCUT2D eigenvalue weighted by Crippen LogP contribution is 2.19. The van der Waals surface area contributed by atoms with Crippen molar-refractivity contribution in [2.45, 2.75) is 0 Å². The SMILES string of the molecule is O=C/C=C(\I)c1ccccc1. The van der Waals surface area contributed by atoms with Crippen LogP contribution in [-0.2, 0) is 4.79 Å². The van der Waals surface area contributed by atoms with Crippen molar-refractivity contribution in [3.8, 4) is 0 Å². The number of carbonyl (C=O) groups is 1. The summed E-state index contributed by atoms with van der Waals surface area (Å²) < 4.78 is 0.971. The number of benzene rings is 1. The molecule has 0 radical (unpaired) electrons. The van der Waals surface area contributed by atoms with Crippen molar-refractivity contribution in [2.24, 2.45) is 0 Å². The highest BCUT2D eigenvalue weighted by atomic mass is 127. The maximum absolute atomic E-state index is 10.1. The minimum atomic E-state index is 0.800. The molecule has 56 valence electrons. The van der Waals surface area contributed by atoms with Gasteiger partial charge in [0, 0.05) is 3.58 Å². The van der Waals surface area contributed by atoms with E-state index in [0.29, 0.717) is 0 Å². The molecule has 2 heteroatoms. The minimum Gasteiger partial charge on any atom is -0.299 e. The molecule has 0 atom stereocenters. The normalized spacial score (nSPS) is 11.2. The number of hydrogen-bond donors (Lipinski definition) is 0. The van der Waals surface area contributed by atoms with Gasteiger partial charge in [0.15, 0.2) is 0 Å². The Morgan fingerprint density at radius 1 is 1.27 bits per heavy atom. The molecule has 0 fully saturated rings. The first-order valence-electron chi connectivity index (χ1n) is 3.21. The summed E-state index contributed by atoms with van der Waals surface area (Å²) in [7, 11) is 0. The fourth-order valence-electron chi connectivity index (χ4n) is 0.753. The van der Waals surface area contributed by atoms with E-state index in [4.69, 9.17) is 0 Å². The Balaban J connectivity index is 2.94. The van der Waals surface area contributed by atoms with Gasteiger partial charge in [-0.1, -0.05) is 30.3 Å². The molecule has 0 aliphatic heterocycles. The molecule has 0 heterocycles. The second kappa shape index (κ2) is 4.28. The van der Waals surface area contributed by atoms with Crippen molar-refractivity contribution >= 4 is 32.5 Å². The zero-order chi connectivity index (χ0) is 8.10. The molecule has 11 heavy (non-hydrogen) atoms. The van der Waals surface area contributed by atoms with Crippen LogP contribution >= 0.6 is 22.6 Å². The number of hydrogen-bond acceptors (Lipinski definition) is 1. The zero-order valence-corrected chi connectivity index (χ0v) is 7.99. The van der Waals surface area contributed by atoms with Crippen LogP contribution in [0.2, 0.25) is 0 Å². The lowest BCUT2D eigenvalue weighted by molar-refractivity contribution is -0.104. The summed E-state index contributed by atoms with van der Waals surface area (Å²) in [4.78, 5) is 10.1. The number of carbonyl (C=O) groups excluding carboxylic acids is 1. The maximum atomic E-state index is 10.1. The fraction of sp³-hybridized carbons (Fsp3) is 0. The quantitative estimate of drug-likeness (QED) is 0.452. The Morgan fingerprint density at radius 3 is 2.45 bits per heavy atom. The third-order valence-electron chi connectivity index (χ3n) is 1.26. The van der Waals surface area contributed by atoms with Gasteiger partial charge in [0.25, 0.3) is 0 Å². The van der Waals surface area contributed by atoms with Gasteiger partial charge in [-0.25, -0.2) is 0 Å². The number of rotatable bonds is 2. The third kappa shape index (κ3) is 2.46. The van der Waals surface area contributed by atoms with E-state index in [1.54, 1.807) is 6.08 Å². The van der Waals surface area contributed by atoms with Crippen LogP contribution in [0.5, 0.6) is 0 Å². The van der Waals surface area contributed by atoms with Gasteiger partial charge < -0.3 is 0 Å². The molecule has 0 amide bonds. The van der Waals surface area contributed by atoms with Crippen LogP contribution in [0.4, 0.5) is 0 Å². The summed E-state index contributed by atoms with van der Waals surface area (Å²) >= 11 is 2.14. The lowest BCUT2D eigenvalue weighted by atomic mass is 10.2. The van der Waals surface area contributed by atoms with E-state index in [1.165, 1.54) is 0 Å². The van der Waals surface area contributed by atoms with Crippen molar-refractivity contribution in [3.63, 3.8) is 0 Å². The van der Waals surface area contributed by atoms with E-state index in [9.17, 15) is 4.79 Å². The van der Waals surface area contributed by atoms with Crippen LogP contribution in [0.15, 0.2) is 36.4 Å². The standard InChI is InChI=1S/C9H7IO/c10-9(6-7-11)8-4-2-1-3-5-8/h1-7H/b9-6-. The zero-order valence-electron chi connectivity index (χ0n) is 5.83. The molecular formula is C9H7IO. The van der Waals surface area contributed by atoms with Crippen LogP contribution in [0.1, 0.15) is 5.56 Å². The van der Waals surface area contributed by atoms with Crippen LogP contribution in [0, 0.1) is 0 Å². The lowest BCUT2D eigenvalue weighted by Crippen LogP contribution is -1.74. The Labute approximate surface area is 79.3 Å². The van der Waals surface area contributed by atoms with Gasteiger partial charge in [0.05, 0.1) is 0 Å². The Morgan fingerprint density at radius 2 is 1.91 bits per heavy atom. The van der Waals surface area contributed by atoms with E-state index in [1.807, 2.05) is 30.3 Å². The summed E-state index contributed by atoms with van der Waals surface area (Å²) in [5, 5.41) is 0. The summed E-state index contributed by atoms with van der Waals surface area (Å²) in [6.45, 7) is 0. The first kappa shape index (κ1) is 8.46. The Kier molecular flexibility index (Phi) is 3.29. The molecule has 0 bridgehead atoms. The topological polar surface area (TPSA) is 17.1 Å². The highest BCUT2D eigenvalue weighted by molar-refractivity contribution is 14.1. The second-order valence-corrected chi connectivity index (χ2v) is 3.18. The third-order valence-corrected chi connectivity index (χ3v) is 2.25. The fourth-order valence-corrected chi connectivity index (χ4v) is 1.26. The number of halogens is 1.